The highest BCUT2D eigenvalue weighted by Crippen LogP contribution is 2.22. The fourth-order valence-corrected chi connectivity index (χ4v) is 2.59. The fraction of sp³-hybridized carbons (Fsp3) is 0.150. The van der Waals surface area contributed by atoms with Gasteiger partial charge in [-0.05, 0) is 35.2 Å². The van der Waals surface area contributed by atoms with Gasteiger partial charge >= 0.3 is 0 Å². The molecule has 0 unspecified atom stereocenters. The Labute approximate surface area is 137 Å². The molecule has 116 valence electrons. The van der Waals surface area contributed by atoms with Gasteiger partial charge in [0, 0.05) is 12.7 Å². The number of aromatic nitrogens is 1. The van der Waals surface area contributed by atoms with Gasteiger partial charge in [-0.25, -0.2) is 4.98 Å². The second kappa shape index (κ2) is 7.07. The Kier molecular flexibility index (Phi) is 4.69. The number of nitrogens with two attached hydrogens (primary N) is 1. The lowest BCUT2D eigenvalue weighted by atomic mass is 10.00. The number of nitrogens with zero attached hydrogens (tertiary/aromatic N) is 1. The fourth-order valence-electron chi connectivity index (χ4n) is 2.59. The maximum Gasteiger partial charge on any atom is 0.129 e. The van der Waals surface area contributed by atoms with Gasteiger partial charge in [0.1, 0.15) is 5.82 Å². The zero-order chi connectivity index (χ0) is 16.1. The minimum Gasteiger partial charge on any atom is -0.366 e. The van der Waals surface area contributed by atoms with Crippen LogP contribution in [-0.4, -0.2) is 4.98 Å². The minimum atomic E-state index is -0.148. The molecule has 3 aromatic rings. The first kappa shape index (κ1) is 15.3. The van der Waals surface area contributed by atoms with Gasteiger partial charge in [0.25, 0.3) is 0 Å². The van der Waals surface area contributed by atoms with Crippen molar-refractivity contribution in [3.63, 3.8) is 0 Å². The van der Waals surface area contributed by atoms with Crippen molar-refractivity contribution in [3.05, 3.63) is 95.2 Å². The molecule has 0 bridgehead atoms. The van der Waals surface area contributed by atoms with Crippen LogP contribution in [0.25, 0.3) is 0 Å². The predicted octanol–water partition coefficient (Wildman–Crippen LogP) is 4.05. The van der Waals surface area contributed by atoms with E-state index in [9.17, 15) is 0 Å². The molecular weight excluding hydrogens is 282 g/mol. The zero-order valence-corrected chi connectivity index (χ0v) is 13.2. The molecule has 0 aliphatic heterocycles. The van der Waals surface area contributed by atoms with Gasteiger partial charge in [-0.2, -0.15) is 0 Å². The van der Waals surface area contributed by atoms with Crippen LogP contribution in [0.5, 0.6) is 0 Å². The number of anilines is 1. The first-order chi connectivity index (χ1) is 11.2. The predicted molar refractivity (Wildman–Crippen MR) is 95.2 cm³/mol. The number of hydrogen-bond acceptors (Lipinski definition) is 3. The van der Waals surface area contributed by atoms with Crippen LogP contribution in [0.4, 0.5) is 5.82 Å². The average molecular weight is 303 g/mol. The van der Waals surface area contributed by atoms with Crippen LogP contribution in [0.15, 0.2) is 72.9 Å². The van der Waals surface area contributed by atoms with Crippen molar-refractivity contribution < 1.29 is 0 Å². The van der Waals surface area contributed by atoms with E-state index < -0.39 is 0 Å². The third-order valence-electron chi connectivity index (χ3n) is 3.92. The Morgan fingerprint density at radius 1 is 0.957 bits per heavy atom. The molecule has 3 heteroatoms. The van der Waals surface area contributed by atoms with Crippen molar-refractivity contribution in [1.29, 1.82) is 0 Å². The molecular formula is C20H21N3. The van der Waals surface area contributed by atoms with E-state index in [1.54, 1.807) is 0 Å². The highest BCUT2D eigenvalue weighted by molar-refractivity contribution is 5.46. The molecule has 0 saturated heterocycles. The maximum absolute atomic E-state index is 6.34. The van der Waals surface area contributed by atoms with E-state index in [1.807, 2.05) is 54.7 Å². The SMILES string of the molecule is Cc1cc([C@H](N)c2ccccc2)cnc1NCc1ccccc1. The molecule has 0 aliphatic carbocycles. The summed E-state index contributed by atoms with van der Waals surface area (Å²) in [5, 5.41) is 3.38. The van der Waals surface area contributed by atoms with Gasteiger partial charge in [0.15, 0.2) is 0 Å². The number of rotatable bonds is 5. The van der Waals surface area contributed by atoms with E-state index in [2.05, 4.69) is 35.4 Å². The number of pyridine rings is 1. The summed E-state index contributed by atoms with van der Waals surface area (Å²) in [7, 11) is 0. The van der Waals surface area contributed by atoms with E-state index in [-0.39, 0.29) is 6.04 Å². The monoisotopic (exact) mass is 303 g/mol. The summed E-state index contributed by atoms with van der Waals surface area (Å²) in [6, 6.07) is 22.4. The molecule has 0 saturated carbocycles. The topological polar surface area (TPSA) is 50.9 Å². The minimum absolute atomic E-state index is 0.148. The van der Waals surface area contributed by atoms with Gasteiger partial charge in [-0.1, -0.05) is 60.7 Å². The van der Waals surface area contributed by atoms with Crippen LogP contribution < -0.4 is 11.1 Å². The van der Waals surface area contributed by atoms with Crippen molar-refractivity contribution in [2.75, 3.05) is 5.32 Å². The van der Waals surface area contributed by atoms with Crippen LogP contribution in [-0.2, 0) is 6.54 Å². The number of nitrogens with one attached hydrogen (secondary N) is 1. The van der Waals surface area contributed by atoms with E-state index in [0.717, 1.165) is 29.1 Å². The van der Waals surface area contributed by atoms with Crippen LogP contribution in [0.3, 0.4) is 0 Å². The molecule has 3 rings (SSSR count). The zero-order valence-electron chi connectivity index (χ0n) is 13.2. The largest absolute Gasteiger partial charge is 0.366 e. The third-order valence-corrected chi connectivity index (χ3v) is 3.92. The molecule has 0 spiro atoms. The molecule has 1 atom stereocenters. The maximum atomic E-state index is 6.34. The molecule has 3 nitrogen and oxygen atoms in total. The summed E-state index contributed by atoms with van der Waals surface area (Å²) in [5.74, 6) is 0.901. The Hall–Kier alpha value is -2.65. The third kappa shape index (κ3) is 3.76. The Balaban J connectivity index is 1.73. The van der Waals surface area contributed by atoms with Crippen LogP contribution in [0.2, 0.25) is 0 Å². The lowest BCUT2D eigenvalue weighted by molar-refractivity contribution is 0.860. The summed E-state index contributed by atoms with van der Waals surface area (Å²) in [6.07, 6.45) is 1.86. The van der Waals surface area contributed by atoms with Crippen molar-refractivity contribution in [3.8, 4) is 0 Å². The average Bonchev–Trinajstić information content (AvgIpc) is 2.61. The second-order valence-corrected chi connectivity index (χ2v) is 5.66. The lowest BCUT2D eigenvalue weighted by Crippen LogP contribution is -2.13. The summed E-state index contributed by atoms with van der Waals surface area (Å²) in [5.41, 5.74) is 10.8. The Bertz CT molecular complexity index is 754. The summed E-state index contributed by atoms with van der Waals surface area (Å²) in [6.45, 7) is 2.82. The smallest absolute Gasteiger partial charge is 0.129 e. The normalized spacial score (nSPS) is 11.9. The highest BCUT2D eigenvalue weighted by atomic mass is 15.0. The lowest BCUT2D eigenvalue weighted by Gasteiger charge is -2.15. The molecule has 0 aliphatic rings. The standard InChI is InChI=1S/C20H21N3/c1-15-12-18(19(21)17-10-6-3-7-11-17)14-23-20(15)22-13-16-8-4-2-5-9-16/h2-12,14,19H,13,21H2,1H3,(H,22,23)/t19-/m1/s1. The van der Waals surface area contributed by atoms with Crippen molar-refractivity contribution >= 4 is 5.82 Å². The van der Waals surface area contributed by atoms with Gasteiger partial charge in [0.05, 0.1) is 6.04 Å². The quantitative estimate of drug-likeness (QED) is 0.747. The summed E-state index contributed by atoms with van der Waals surface area (Å²) in [4.78, 5) is 4.55. The van der Waals surface area contributed by atoms with Gasteiger partial charge < -0.3 is 11.1 Å². The molecule has 0 fully saturated rings. The first-order valence-corrected chi connectivity index (χ1v) is 7.79. The molecule has 23 heavy (non-hydrogen) atoms. The van der Waals surface area contributed by atoms with Gasteiger partial charge in [-0.15, -0.1) is 0 Å². The molecule has 3 N–H and O–H groups in total. The Morgan fingerprint density at radius 2 is 1.61 bits per heavy atom. The Morgan fingerprint density at radius 3 is 2.26 bits per heavy atom. The molecule has 0 radical (unpaired) electrons. The number of benzene rings is 2. The van der Waals surface area contributed by atoms with E-state index in [4.69, 9.17) is 5.73 Å². The van der Waals surface area contributed by atoms with Gasteiger partial charge in [0.2, 0.25) is 0 Å². The molecule has 1 heterocycles. The van der Waals surface area contributed by atoms with E-state index in [1.165, 1.54) is 5.56 Å². The first-order valence-electron chi connectivity index (χ1n) is 7.79. The molecule has 1 aromatic heterocycles. The molecule has 0 amide bonds. The van der Waals surface area contributed by atoms with E-state index in [0.29, 0.717) is 0 Å². The van der Waals surface area contributed by atoms with Crippen LogP contribution in [0.1, 0.15) is 28.3 Å². The summed E-state index contributed by atoms with van der Waals surface area (Å²) < 4.78 is 0. The van der Waals surface area contributed by atoms with Crippen molar-refractivity contribution in [2.24, 2.45) is 5.73 Å². The van der Waals surface area contributed by atoms with Crippen molar-refractivity contribution in [2.45, 2.75) is 19.5 Å². The second-order valence-electron chi connectivity index (χ2n) is 5.66. The molecule has 2 aromatic carbocycles. The van der Waals surface area contributed by atoms with Gasteiger partial charge in [-0.3, -0.25) is 0 Å². The van der Waals surface area contributed by atoms with E-state index >= 15 is 0 Å². The number of aryl methyl sites for hydroxylation is 1. The van der Waals surface area contributed by atoms with Crippen LogP contribution >= 0.6 is 0 Å². The summed E-state index contributed by atoms with van der Waals surface area (Å²) >= 11 is 0. The number of hydrogen-bond donors (Lipinski definition) is 2. The van der Waals surface area contributed by atoms with Crippen molar-refractivity contribution in [1.82, 2.24) is 4.98 Å². The highest BCUT2D eigenvalue weighted by Gasteiger charge is 2.10. The van der Waals surface area contributed by atoms with Crippen LogP contribution in [0, 0.1) is 6.92 Å².